The van der Waals surface area contributed by atoms with Crippen LogP contribution in [0.2, 0.25) is 0 Å². The zero-order chi connectivity index (χ0) is 12.0. The minimum Gasteiger partial charge on any atom is -0.487 e. The molecule has 2 N–H and O–H groups in total. The average Bonchev–Trinajstić information content (AvgIpc) is 2.64. The lowest BCUT2D eigenvalue weighted by Crippen LogP contribution is -2.37. The van der Waals surface area contributed by atoms with Gasteiger partial charge >= 0.3 is 0 Å². The van der Waals surface area contributed by atoms with Crippen molar-refractivity contribution in [2.75, 3.05) is 13.7 Å². The van der Waals surface area contributed by atoms with Crippen molar-refractivity contribution in [3.63, 3.8) is 0 Å². The Bertz CT molecular complexity index is 336. The summed E-state index contributed by atoms with van der Waals surface area (Å²) in [7, 11) is 1.65. The number of carbonyl (C=O) groups is 1. The molecule has 4 nitrogen and oxygen atoms in total. The Kier molecular flexibility index (Phi) is 5.28. The summed E-state index contributed by atoms with van der Waals surface area (Å²) in [6.45, 7) is 4.93. The molecule has 90 valence electrons. The van der Waals surface area contributed by atoms with Gasteiger partial charge in [-0.2, -0.15) is 0 Å². The lowest BCUT2D eigenvalue weighted by molar-refractivity contribution is -0.120. The smallest absolute Gasteiger partial charge is 0.234 e. The molecule has 1 aromatic rings. The first-order chi connectivity index (χ1) is 7.61. The molecular formula is C11H18N2O2S. The van der Waals surface area contributed by atoms with Gasteiger partial charge < -0.3 is 15.4 Å². The molecule has 0 saturated carbocycles. The SMILES string of the molecule is COc1ccc(CNCC(=O)NC(C)C)s1. The first-order valence-electron chi connectivity index (χ1n) is 5.24. The van der Waals surface area contributed by atoms with E-state index < -0.39 is 0 Å². The molecule has 0 saturated heterocycles. The lowest BCUT2D eigenvalue weighted by Gasteiger charge is -2.08. The van der Waals surface area contributed by atoms with Gasteiger partial charge in [-0.1, -0.05) is 0 Å². The fourth-order valence-electron chi connectivity index (χ4n) is 1.24. The maximum Gasteiger partial charge on any atom is 0.234 e. The van der Waals surface area contributed by atoms with Crippen LogP contribution in [0, 0.1) is 0 Å². The van der Waals surface area contributed by atoms with Crippen LogP contribution >= 0.6 is 11.3 Å². The van der Waals surface area contributed by atoms with Gasteiger partial charge in [0.05, 0.1) is 13.7 Å². The molecule has 0 aliphatic heterocycles. The van der Waals surface area contributed by atoms with Gasteiger partial charge in [0, 0.05) is 17.5 Å². The normalized spacial score (nSPS) is 10.5. The molecule has 1 amide bonds. The second-order valence-electron chi connectivity index (χ2n) is 3.75. The molecule has 5 heteroatoms. The highest BCUT2D eigenvalue weighted by atomic mass is 32.1. The summed E-state index contributed by atoms with van der Waals surface area (Å²) >= 11 is 1.58. The molecule has 0 unspecified atom stereocenters. The third-order valence-corrected chi connectivity index (χ3v) is 2.92. The topological polar surface area (TPSA) is 50.4 Å². The molecule has 0 aromatic carbocycles. The van der Waals surface area contributed by atoms with Crippen LogP contribution in [0.1, 0.15) is 18.7 Å². The maximum absolute atomic E-state index is 11.3. The number of amides is 1. The van der Waals surface area contributed by atoms with E-state index in [0.717, 1.165) is 9.94 Å². The molecule has 0 bridgehead atoms. The second-order valence-corrected chi connectivity index (χ2v) is 4.88. The third kappa shape index (κ3) is 4.63. The summed E-state index contributed by atoms with van der Waals surface area (Å²) in [6, 6.07) is 4.11. The molecule has 0 atom stereocenters. The molecule has 0 radical (unpaired) electrons. The molecule has 1 heterocycles. The van der Waals surface area contributed by atoms with Gasteiger partial charge in [0.1, 0.15) is 0 Å². The van der Waals surface area contributed by atoms with E-state index in [-0.39, 0.29) is 11.9 Å². The summed E-state index contributed by atoms with van der Waals surface area (Å²) in [5.41, 5.74) is 0. The molecule has 1 rings (SSSR count). The first-order valence-corrected chi connectivity index (χ1v) is 6.06. The van der Waals surface area contributed by atoms with E-state index in [9.17, 15) is 4.79 Å². The predicted molar refractivity (Wildman–Crippen MR) is 65.9 cm³/mol. The number of carbonyl (C=O) groups excluding carboxylic acids is 1. The zero-order valence-corrected chi connectivity index (χ0v) is 10.7. The molecule has 0 aliphatic carbocycles. The van der Waals surface area contributed by atoms with E-state index in [1.165, 1.54) is 0 Å². The number of nitrogens with one attached hydrogen (secondary N) is 2. The van der Waals surface area contributed by atoms with Crippen molar-refractivity contribution in [1.82, 2.24) is 10.6 Å². The van der Waals surface area contributed by atoms with E-state index in [0.29, 0.717) is 13.1 Å². The van der Waals surface area contributed by atoms with Crippen molar-refractivity contribution < 1.29 is 9.53 Å². The molecular weight excluding hydrogens is 224 g/mol. The van der Waals surface area contributed by atoms with Gasteiger partial charge in [-0.05, 0) is 26.0 Å². The average molecular weight is 242 g/mol. The summed E-state index contributed by atoms with van der Waals surface area (Å²) in [5.74, 6) is 0.0264. The molecule has 0 spiro atoms. The summed E-state index contributed by atoms with van der Waals surface area (Å²) in [5, 5.41) is 6.80. The number of ether oxygens (including phenoxy) is 1. The Balaban J connectivity index is 2.22. The van der Waals surface area contributed by atoms with Crippen molar-refractivity contribution in [3.8, 4) is 5.06 Å². The van der Waals surface area contributed by atoms with Crippen molar-refractivity contribution in [2.24, 2.45) is 0 Å². The zero-order valence-electron chi connectivity index (χ0n) is 9.87. The number of rotatable bonds is 6. The van der Waals surface area contributed by atoms with Gasteiger partial charge in [-0.25, -0.2) is 0 Å². The molecule has 16 heavy (non-hydrogen) atoms. The van der Waals surface area contributed by atoms with Crippen molar-refractivity contribution >= 4 is 17.2 Å². The second kappa shape index (κ2) is 6.50. The van der Waals surface area contributed by atoms with Crippen LogP contribution in [0.15, 0.2) is 12.1 Å². The standard InChI is InChI=1S/C11H18N2O2S/c1-8(2)13-10(14)7-12-6-9-4-5-11(15-3)16-9/h4-5,8,12H,6-7H2,1-3H3,(H,13,14). The van der Waals surface area contributed by atoms with E-state index in [1.807, 2.05) is 26.0 Å². The fraction of sp³-hybridized carbons (Fsp3) is 0.545. The first kappa shape index (κ1) is 13.0. The van der Waals surface area contributed by atoms with E-state index in [4.69, 9.17) is 4.74 Å². The fourth-order valence-corrected chi connectivity index (χ4v) is 2.02. The van der Waals surface area contributed by atoms with Crippen LogP contribution in [-0.4, -0.2) is 25.6 Å². The molecule has 0 fully saturated rings. The largest absolute Gasteiger partial charge is 0.487 e. The van der Waals surface area contributed by atoms with Crippen LogP contribution in [0.4, 0.5) is 0 Å². The van der Waals surface area contributed by atoms with Crippen molar-refractivity contribution in [1.29, 1.82) is 0 Å². The Labute approximate surface area is 100 Å². The Morgan fingerprint density at radius 1 is 1.50 bits per heavy atom. The number of thiophene rings is 1. The van der Waals surface area contributed by atoms with E-state index in [2.05, 4.69) is 10.6 Å². The van der Waals surface area contributed by atoms with E-state index >= 15 is 0 Å². The van der Waals surface area contributed by atoms with Crippen LogP contribution < -0.4 is 15.4 Å². The number of hydrogen-bond donors (Lipinski definition) is 2. The highest BCUT2D eigenvalue weighted by molar-refractivity contribution is 7.13. The lowest BCUT2D eigenvalue weighted by atomic mass is 10.4. The third-order valence-electron chi connectivity index (χ3n) is 1.87. The predicted octanol–water partition coefficient (Wildman–Crippen LogP) is 1.37. The van der Waals surface area contributed by atoms with Gasteiger partial charge in [0.25, 0.3) is 0 Å². The van der Waals surface area contributed by atoms with Gasteiger partial charge in [0.2, 0.25) is 5.91 Å². The Morgan fingerprint density at radius 2 is 2.25 bits per heavy atom. The van der Waals surface area contributed by atoms with Crippen molar-refractivity contribution in [2.45, 2.75) is 26.4 Å². The monoisotopic (exact) mass is 242 g/mol. The van der Waals surface area contributed by atoms with Crippen LogP contribution in [-0.2, 0) is 11.3 Å². The number of methoxy groups -OCH3 is 1. The van der Waals surface area contributed by atoms with Crippen LogP contribution in [0.25, 0.3) is 0 Å². The highest BCUT2D eigenvalue weighted by Gasteiger charge is 2.03. The maximum atomic E-state index is 11.3. The minimum atomic E-state index is 0.0264. The Morgan fingerprint density at radius 3 is 2.81 bits per heavy atom. The summed E-state index contributed by atoms with van der Waals surface area (Å²) < 4.78 is 5.09. The van der Waals surface area contributed by atoms with Gasteiger partial charge in [-0.3, -0.25) is 4.79 Å². The van der Waals surface area contributed by atoms with Crippen LogP contribution in [0.5, 0.6) is 5.06 Å². The van der Waals surface area contributed by atoms with Gasteiger partial charge in [-0.15, -0.1) is 11.3 Å². The summed E-state index contributed by atoms with van der Waals surface area (Å²) in [4.78, 5) is 12.5. The molecule has 0 aliphatic rings. The van der Waals surface area contributed by atoms with Crippen molar-refractivity contribution in [3.05, 3.63) is 17.0 Å². The van der Waals surface area contributed by atoms with E-state index in [1.54, 1.807) is 18.4 Å². The Hall–Kier alpha value is -1.07. The highest BCUT2D eigenvalue weighted by Crippen LogP contribution is 2.23. The number of hydrogen-bond acceptors (Lipinski definition) is 4. The minimum absolute atomic E-state index is 0.0264. The summed E-state index contributed by atoms with van der Waals surface area (Å²) in [6.07, 6.45) is 0. The van der Waals surface area contributed by atoms with Gasteiger partial charge in [0.15, 0.2) is 5.06 Å². The molecule has 1 aromatic heterocycles. The van der Waals surface area contributed by atoms with Crippen LogP contribution in [0.3, 0.4) is 0 Å². The quantitative estimate of drug-likeness (QED) is 0.792.